The number of hydrogen-bond donors (Lipinski definition) is 0. The summed E-state index contributed by atoms with van der Waals surface area (Å²) >= 11 is 0. The molecule has 0 bridgehead atoms. The molecule has 0 radical (unpaired) electrons. The molecule has 0 aliphatic rings. The van der Waals surface area contributed by atoms with Crippen LogP contribution in [0.15, 0.2) is 285 Å². The van der Waals surface area contributed by atoms with Gasteiger partial charge in [-0.1, -0.05) is 249 Å². The van der Waals surface area contributed by atoms with E-state index in [9.17, 15) is 0 Å². The third-order valence-corrected chi connectivity index (χ3v) is 13.5. The molecule has 0 aliphatic heterocycles. The summed E-state index contributed by atoms with van der Waals surface area (Å²) in [7, 11) is 0. The van der Waals surface area contributed by atoms with Crippen LogP contribution in [0.1, 0.15) is 0 Å². The average Bonchev–Trinajstić information content (AvgIpc) is 3.44. The maximum absolute atomic E-state index is 2.41. The second kappa shape index (κ2) is 18.3. The number of anilines is 3. The summed E-state index contributed by atoms with van der Waals surface area (Å²) in [5.41, 5.74) is 20.1. The molecule has 0 saturated heterocycles. The molecule has 0 spiro atoms. The first-order valence-electron chi connectivity index (χ1n) is 23.7. The number of hydrogen-bond acceptors (Lipinski definition) is 1. The van der Waals surface area contributed by atoms with Gasteiger partial charge in [-0.15, -0.1) is 0 Å². The van der Waals surface area contributed by atoms with E-state index in [1.54, 1.807) is 0 Å². The van der Waals surface area contributed by atoms with Crippen molar-refractivity contribution in [1.82, 2.24) is 0 Å². The van der Waals surface area contributed by atoms with E-state index in [0.29, 0.717) is 0 Å². The fourth-order valence-electron chi connectivity index (χ4n) is 10.2. The Labute approximate surface area is 404 Å². The van der Waals surface area contributed by atoms with E-state index in [0.717, 1.165) is 22.6 Å². The van der Waals surface area contributed by atoms with Crippen molar-refractivity contribution in [3.8, 4) is 77.9 Å². The van der Waals surface area contributed by atoms with Crippen LogP contribution >= 0.6 is 0 Å². The summed E-state index contributed by atoms with van der Waals surface area (Å²) in [4.78, 5) is 2.41. The Morgan fingerprint density at radius 2 is 0.493 bits per heavy atom. The van der Waals surface area contributed by atoms with Crippen LogP contribution in [-0.2, 0) is 0 Å². The van der Waals surface area contributed by atoms with Gasteiger partial charge in [-0.25, -0.2) is 0 Å². The minimum atomic E-state index is 1.08. The molecule has 12 rings (SSSR count). The highest BCUT2D eigenvalue weighted by Crippen LogP contribution is 2.47. The van der Waals surface area contributed by atoms with Gasteiger partial charge in [0.25, 0.3) is 0 Å². The van der Waals surface area contributed by atoms with Crippen LogP contribution in [0.3, 0.4) is 0 Å². The SMILES string of the molecule is c1ccc(-c2ccc(-c3ccc(N(c4ccc(-c5cccc(-c6ccccc6)c5-c5ccccc5)cc4)c4ccc5c(-c6ccccc6)c(-c6ccccc6)c6ccccc6c5c4)cc3)cc2)cc1. The Hall–Kier alpha value is -9.04. The highest BCUT2D eigenvalue weighted by atomic mass is 15.1. The Kier molecular flexibility index (Phi) is 11.0. The maximum Gasteiger partial charge on any atom is 0.0468 e. The monoisotopic (exact) mass is 877 g/mol. The molecule has 0 fully saturated rings. The summed E-state index contributed by atoms with van der Waals surface area (Å²) in [6, 6.07) is 104. The van der Waals surface area contributed by atoms with Gasteiger partial charge in [0.15, 0.2) is 0 Å². The topological polar surface area (TPSA) is 3.24 Å². The summed E-state index contributed by atoms with van der Waals surface area (Å²) < 4.78 is 0. The second-order valence-corrected chi connectivity index (χ2v) is 17.6. The van der Waals surface area contributed by atoms with Crippen molar-refractivity contribution in [3.63, 3.8) is 0 Å². The van der Waals surface area contributed by atoms with E-state index < -0.39 is 0 Å². The van der Waals surface area contributed by atoms with Crippen molar-refractivity contribution < 1.29 is 0 Å². The van der Waals surface area contributed by atoms with Crippen molar-refractivity contribution in [2.45, 2.75) is 0 Å². The molecule has 0 aliphatic carbocycles. The smallest absolute Gasteiger partial charge is 0.0468 e. The van der Waals surface area contributed by atoms with Crippen LogP contribution in [-0.4, -0.2) is 0 Å². The molecule has 0 heterocycles. The molecule has 0 atom stereocenters. The van der Waals surface area contributed by atoms with Gasteiger partial charge in [-0.2, -0.15) is 0 Å². The van der Waals surface area contributed by atoms with Gasteiger partial charge in [0, 0.05) is 17.1 Å². The number of benzene rings is 12. The lowest BCUT2D eigenvalue weighted by Gasteiger charge is -2.27. The minimum Gasteiger partial charge on any atom is -0.310 e. The Balaban J connectivity index is 1.02. The first-order chi connectivity index (χ1) is 34.2. The molecule has 0 amide bonds. The second-order valence-electron chi connectivity index (χ2n) is 17.6. The first kappa shape index (κ1) is 41.4. The van der Waals surface area contributed by atoms with Crippen molar-refractivity contribution in [2.75, 3.05) is 4.90 Å². The van der Waals surface area contributed by atoms with E-state index in [-0.39, 0.29) is 0 Å². The van der Waals surface area contributed by atoms with Crippen LogP contribution < -0.4 is 4.90 Å². The lowest BCUT2D eigenvalue weighted by Crippen LogP contribution is -2.10. The van der Waals surface area contributed by atoms with Gasteiger partial charge in [0.1, 0.15) is 0 Å². The summed E-state index contributed by atoms with van der Waals surface area (Å²) in [6.45, 7) is 0. The van der Waals surface area contributed by atoms with Gasteiger partial charge in [-0.3, -0.25) is 0 Å². The number of rotatable bonds is 10. The largest absolute Gasteiger partial charge is 0.310 e. The quantitative estimate of drug-likeness (QED) is 0.124. The van der Waals surface area contributed by atoms with Gasteiger partial charge in [0.05, 0.1) is 0 Å². The highest BCUT2D eigenvalue weighted by Gasteiger charge is 2.21. The average molecular weight is 878 g/mol. The van der Waals surface area contributed by atoms with E-state index >= 15 is 0 Å². The molecule has 1 heteroatoms. The molecule has 324 valence electrons. The molecule has 12 aromatic rings. The fourth-order valence-corrected chi connectivity index (χ4v) is 10.2. The van der Waals surface area contributed by atoms with Crippen LogP contribution in [0.25, 0.3) is 99.4 Å². The third-order valence-electron chi connectivity index (χ3n) is 13.5. The predicted octanol–water partition coefficient (Wildman–Crippen LogP) is 19.1. The van der Waals surface area contributed by atoms with Gasteiger partial charge < -0.3 is 4.90 Å². The van der Waals surface area contributed by atoms with Crippen molar-refractivity contribution in [3.05, 3.63) is 285 Å². The molecule has 69 heavy (non-hydrogen) atoms. The van der Waals surface area contributed by atoms with E-state index in [4.69, 9.17) is 0 Å². The van der Waals surface area contributed by atoms with Crippen LogP contribution in [0.2, 0.25) is 0 Å². The molecule has 12 aromatic carbocycles. The molecular weight excluding hydrogens is 831 g/mol. The molecule has 0 saturated carbocycles. The molecular formula is C68H47N. The van der Waals surface area contributed by atoms with Crippen LogP contribution in [0.5, 0.6) is 0 Å². The normalized spacial score (nSPS) is 11.2. The minimum absolute atomic E-state index is 1.08. The first-order valence-corrected chi connectivity index (χ1v) is 23.7. The van der Waals surface area contributed by atoms with E-state index in [1.165, 1.54) is 93.9 Å². The summed E-state index contributed by atoms with van der Waals surface area (Å²) in [6.07, 6.45) is 0. The lowest BCUT2D eigenvalue weighted by molar-refractivity contribution is 1.29. The maximum atomic E-state index is 2.41. The van der Waals surface area contributed by atoms with Gasteiger partial charge >= 0.3 is 0 Å². The molecule has 1 nitrogen and oxygen atoms in total. The Morgan fingerprint density at radius 3 is 0.971 bits per heavy atom. The third kappa shape index (κ3) is 7.97. The standard InChI is InChI=1S/C68H47N/c1-6-19-48(20-7-1)49-33-35-50(36-34-49)51-37-41-57(42-38-51)69(58-43-39-53(40-44-58)61-32-18-31-60(52-21-8-2-9-22-52)66(61)54-23-10-3-11-24-54)59-45-46-64-65(47-59)62-29-16-17-30-63(62)67(55-25-12-4-13-26-55)68(64)56-27-14-5-15-28-56/h1-47H. The molecule has 0 unspecified atom stereocenters. The number of nitrogens with zero attached hydrogens (tertiary/aromatic N) is 1. The van der Waals surface area contributed by atoms with Crippen molar-refractivity contribution in [2.24, 2.45) is 0 Å². The lowest BCUT2D eigenvalue weighted by atomic mass is 9.85. The highest BCUT2D eigenvalue weighted by molar-refractivity contribution is 6.22. The number of fused-ring (bicyclic) bond motifs is 3. The summed E-state index contributed by atoms with van der Waals surface area (Å²) in [5, 5.41) is 4.89. The predicted molar refractivity (Wildman–Crippen MR) is 294 cm³/mol. The van der Waals surface area contributed by atoms with Gasteiger partial charge in [-0.05, 0) is 136 Å². The zero-order valence-corrected chi connectivity index (χ0v) is 38.1. The van der Waals surface area contributed by atoms with Crippen LogP contribution in [0, 0.1) is 0 Å². The zero-order chi connectivity index (χ0) is 45.9. The van der Waals surface area contributed by atoms with E-state index in [2.05, 4.69) is 290 Å². The van der Waals surface area contributed by atoms with E-state index in [1.807, 2.05) is 0 Å². The fraction of sp³-hybridized carbons (Fsp3) is 0. The zero-order valence-electron chi connectivity index (χ0n) is 38.1. The van der Waals surface area contributed by atoms with Gasteiger partial charge in [0.2, 0.25) is 0 Å². The van der Waals surface area contributed by atoms with Crippen molar-refractivity contribution in [1.29, 1.82) is 0 Å². The Morgan fingerprint density at radius 1 is 0.174 bits per heavy atom. The molecule has 0 aromatic heterocycles. The van der Waals surface area contributed by atoms with Crippen molar-refractivity contribution >= 4 is 38.6 Å². The summed E-state index contributed by atoms with van der Waals surface area (Å²) in [5.74, 6) is 0. The Bertz CT molecular complexity index is 3700. The van der Waals surface area contributed by atoms with Crippen LogP contribution in [0.4, 0.5) is 17.1 Å². The molecule has 0 N–H and O–H groups in total.